The third-order valence-corrected chi connectivity index (χ3v) is 3.65. The van der Waals surface area contributed by atoms with E-state index in [2.05, 4.69) is 15.8 Å². The van der Waals surface area contributed by atoms with Crippen LogP contribution >= 0.6 is 0 Å². The topological polar surface area (TPSA) is 79.8 Å². The quantitative estimate of drug-likeness (QED) is 0.896. The van der Waals surface area contributed by atoms with E-state index >= 15 is 0 Å². The van der Waals surface area contributed by atoms with Crippen LogP contribution in [0, 0.1) is 5.82 Å². The fraction of sp³-hybridized carbons (Fsp3) is 0.167. The summed E-state index contributed by atoms with van der Waals surface area (Å²) in [5.41, 5.74) is 5.47. The van der Waals surface area contributed by atoms with Crippen molar-refractivity contribution < 1.29 is 18.7 Å². The maximum atomic E-state index is 12.8. The average molecular weight is 341 g/mol. The van der Waals surface area contributed by atoms with Crippen LogP contribution in [0.25, 0.3) is 0 Å². The van der Waals surface area contributed by atoms with Gasteiger partial charge in [-0.25, -0.2) is 14.6 Å². The number of hydrazone groups is 1. The van der Waals surface area contributed by atoms with Crippen LogP contribution in [-0.4, -0.2) is 17.7 Å². The number of halogens is 1. The zero-order chi connectivity index (χ0) is 17.6. The number of nitrogens with zero attached hydrogens (tertiary/aromatic N) is 1. The lowest BCUT2D eigenvalue weighted by Gasteiger charge is -2.12. The van der Waals surface area contributed by atoms with Gasteiger partial charge in [0.1, 0.15) is 12.4 Å². The molecule has 25 heavy (non-hydrogen) atoms. The molecule has 7 heteroatoms. The van der Waals surface area contributed by atoms with Crippen LogP contribution in [-0.2, 0) is 16.1 Å². The Morgan fingerprint density at radius 2 is 1.84 bits per heavy atom. The van der Waals surface area contributed by atoms with Crippen molar-refractivity contribution in [2.45, 2.75) is 19.4 Å². The van der Waals surface area contributed by atoms with Gasteiger partial charge in [-0.1, -0.05) is 24.3 Å². The minimum atomic E-state index is -0.616. The first-order valence-corrected chi connectivity index (χ1v) is 7.74. The molecule has 2 amide bonds. The first-order valence-electron chi connectivity index (χ1n) is 7.74. The van der Waals surface area contributed by atoms with E-state index in [0.29, 0.717) is 18.5 Å². The Morgan fingerprint density at radius 3 is 2.48 bits per heavy atom. The van der Waals surface area contributed by atoms with Gasteiger partial charge in [0.25, 0.3) is 0 Å². The minimum Gasteiger partial charge on any atom is -0.444 e. The normalized spacial score (nSPS) is 13.6. The van der Waals surface area contributed by atoms with Crippen LogP contribution in [0.2, 0.25) is 0 Å². The largest absolute Gasteiger partial charge is 0.444 e. The van der Waals surface area contributed by atoms with Crippen molar-refractivity contribution in [3.8, 4) is 0 Å². The monoisotopic (exact) mass is 341 g/mol. The minimum absolute atomic E-state index is 0.0825. The molecule has 0 aromatic heterocycles. The van der Waals surface area contributed by atoms with Gasteiger partial charge in [0.2, 0.25) is 5.91 Å². The van der Waals surface area contributed by atoms with Crippen LogP contribution in [0.1, 0.15) is 24.0 Å². The summed E-state index contributed by atoms with van der Waals surface area (Å²) in [5.74, 6) is -0.456. The van der Waals surface area contributed by atoms with Crippen LogP contribution in [0.15, 0.2) is 53.6 Å². The molecule has 0 bridgehead atoms. The van der Waals surface area contributed by atoms with Gasteiger partial charge in [0, 0.05) is 18.5 Å². The molecule has 2 N–H and O–H groups in total. The molecule has 0 saturated heterocycles. The van der Waals surface area contributed by atoms with Gasteiger partial charge in [0.15, 0.2) is 0 Å². The van der Waals surface area contributed by atoms with E-state index in [-0.39, 0.29) is 18.3 Å². The molecule has 0 saturated carbocycles. The summed E-state index contributed by atoms with van der Waals surface area (Å²) < 4.78 is 17.9. The standard InChI is InChI=1S/C18H16FN3O3/c19-14-5-7-15(8-6-14)20-18(24)25-11-12-1-3-13(4-2-12)16-9-10-17(23)22-21-16/h1-8H,9-11H2,(H,20,24)(H,22,23). The lowest BCUT2D eigenvalue weighted by atomic mass is 10.0. The van der Waals surface area contributed by atoms with E-state index in [1.165, 1.54) is 24.3 Å². The second-order valence-electron chi connectivity index (χ2n) is 5.50. The number of carbonyl (C=O) groups excluding carboxylic acids is 2. The molecular formula is C18H16FN3O3. The predicted molar refractivity (Wildman–Crippen MR) is 90.6 cm³/mol. The molecule has 2 aromatic carbocycles. The van der Waals surface area contributed by atoms with E-state index in [0.717, 1.165) is 16.8 Å². The first kappa shape index (κ1) is 16.6. The molecule has 128 valence electrons. The maximum Gasteiger partial charge on any atom is 0.411 e. The Labute approximate surface area is 143 Å². The number of hydrogen-bond donors (Lipinski definition) is 2. The molecule has 0 aliphatic carbocycles. The Balaban J connectivity index is 1.52. The fourth-order valence-corrected chi connectivity index (χ4v) is 2.31. The third kappa shape index (κ3) is 4.63. The van der Waals surface area contributed by atoms with Gasteiger partial charge in [-0.05, 0) is 35.4 Å². The Kier molecular flexibility index (Phi) is 5.03. The number of hydrogen-bond acceptors (Lipinski definition) is 4. The summed E-state index contributed by atoms with van der Waals surface area (Å²) in [4.78, 5) is 22.8. The summed E-state index contributed by atoms with van der Waals surface area (Å²) in [6.07, 6.45) is 0.407. The van der Waals surface area contributed by atoms with Gasteiger partial charge >= 0.3 is 6.09 Å². The molecule has 6 nitrogen and oxygen atoms in total. The van der Waals surface area contributed by atoms with Crippen molar-refractivity contribution in [3.05, 3.63) is 65.5 Å². The smallest absolute Gasteiger partial charge is 0.411 e. The van der Waals surface area contributed by atoms with Crippen molar-refractivity contribution >= 4 is 23.4 Å². The number of amides is 2. The highest BCUT2D eigenvalue weighted by molar-refractivity contribution is 6.04. The summed E-state index contributed by atoms with van der Waals surface area (Å²) >= 11 is 0. The van der Waals surface area contributed by atoms with Crippen molar-refractivity contribution in [1.29, 1.82) is 0 Å². The van der Waals surface area contributed by atoms with Gasteiger partial charge in [-0.3, -0.25) is 10.1 Å². The lowest BCUT2D eigenvalue weighted by molar-refractivity contribution is -0.121. The Morgan fingerprint density at radius 1 is 1.12 bits per heavy atom. The van der Waals surface area contributed by atoms with Crippen LogP contribution in [0.4, 0.5) is 14.9 Å². The highest BCUT2D eigenvalue weighted by Crippen LogP contribution is 2.13. The van der Waals surface area contributed by atoms with Crippen LogP contribution in [0.3, 0.4) is 0 Å². The number of benzene rings is 2. The third-order valence-electron chi connectivity index (χ3n) is 3.65. The molecule has 2 aromatic rings. The van der Waals surface area contributed by atoms with Crippen LogP contribution < -0.4 is 10.7 Å². The maximum absolute atomic E-state index is 12.8. The molecular weight excluding hydrogens is 325 g/mol. The SMILES string of the molecule is O=C1CCC(c2ccc(COC(=O)Nc3ccc(F)cc3)cc2)=NN1. The second-order valence-corrected chi connectivity index (χ2v) is 5.50. The molecule has 0 fully saturated rings. The van der Waals surface area contributed by atoms with E-state index in [4.69, 9.17) is 4.74 Å². The van der Waals surface area contributed by atoms with E-state index in [1.54, 1.807) is 0 Å². The molecule has 3 rings (SSSR count). The van der Waals surface area contributed by atoms with E-state index in [9.17, 15) is 14.0 Å². The van der Waals surface area contributed by atoms with Gasteiger partial charge in [-0.2, -0.15) is 5.10 Å². The highest BCUT2D eigenvalue weighted by atomic mass is 19.1. The van der Waals surface area contributed by atoms with Gasteiger partial charge < -0.3 is 4.74 Å². The van der Waals surface area contributed by atoms with E-state index in [1.807, 2.05) is 24.3 Å². The number of rotatable bonds is 4. The summed E-state index contributed by atoms with van der Waals surface area (Å²) in [6, 6.07) is 12.8. The zero-order valence-corrected chi connectivity index (χ0v) is 13.3. The Bertz CT molecular complexity index is 801. The molecule has 0 spiro atoms. The number of anilines is 1. The molecule has 0 atom stereocenters. The predicted octanol–water partition coefficient (Wildman–Crippen LogP) is 3.19. The highest BCUT2D eigenvalue weighted by Gasteiger charge is 2.13. The van der Waals surface area contributed by atoms with Gasteiger partial charge in [0.05, 0.1) is 5.71 Å². The van der Waals surface area contributed by atoms with Crippen molar-refractivity contribution in [3.63, 3.8) is 0 Å². The van der Waals surface area contributed by atoms with E-state index < -0.39 is 6.09 Å². The number of carbonyl (C=O) groups is 2. The van der Waals surface area contributed by atoms with Crippen molar-refractivity contribution in [2.75, 3.05) is 5.32 Å². The summed E-state index contributed by atoms with van der Waals surface area (Å²) in [5, 5.41) is 6.55. The second kappa shape index (κ2) is 7.57. The number of ether oxygens (including phenoxy) is 1. The summed E-state index contributed by atoms with van der Waals surface area (Å²) in [6.45, 7) is 0.108. The lowest BCUT2D eigenvalue weighted by Crippen LogP contribution is -2.25. The van der Waals surface area contributed by atoms with Crippen molar-refractivity contribution in [1.82, 2.24) is 5.43 Å². The van der Waals surface area contributed by atoms with Gasteiger partial charge in [-0.15, -0.1) is 0 Å². The van der Waals surface area contributed by atoms with Crippen LogP contribution in [0.5, 0.6) is 0 Å². The molecule has 1 aliphatic rings. The zero-order valence-electron chi connectivity index (χ0n) is 13.3. The molecule has 0 radical (unpaired) electrons. The molecule has 1 heterocycles. The fourth-order valence-electron chi connectivity index (χ4n) is 2.31. The molecule has 1 aliphatic heterocycles. The molecule has 0 unspecified atom stereocenters. The average Bonchev–Trinajstić information content (AvgIpc) is 2.63. The summed E-state index contributed by atoms with van der Waals surface area (Å²) in [7, 11) is 0. The van der Waals surface area contributed by atoms with Crippen molar-refractivity contribution in [2.24, 2.45) is 5.10 Å². The number of nitrogens with one attached hydrogen (secondary N) is 2. The first-order chi connectivity index (χ1) is 12.1. The Hall–Kier alpha value is -3.22.